The van der Waals surface area contributed by atoms with E-state index < -0.39 is 35.9 Å². The number of fused-ring (bicyclic) bond motifs is 1. The number of likely N-dealkylation sites (tertiary alicyclic amines) is 2. The third-order valence-electron chi connectivity index (χ3n) is 4.92. The highest BCUT2D eigenvalue weighted by Crippen LogP contribution is 2.26. The third-order valence-corrected chi connectivity index (χ3v) is 4.92. The summed E-state index contributed by atoms with van der Waals surface area (Å²) in [6.45, 7) is 6.32. The van der Waals surface area contributed by atoms with Crippen LogP contribution >= 0.6 is 0 Å². The molecule has 3 atom stereocenters. The van der Waals surface area contributed by atoms with Gasteiger partial charge in [-0.2, -0.15) is 0 Å². The zero-order valence-corrected chi connectivity index (χ0v) is 16.7. The summed E-state index contributed by atoms with van der Waals surface area (Å²) in [6, 6.07) is -0.840. The molecular formula is C19H27N3O6. The first-order valence-corrected chi connectivity index (χ1v) is 9.42. The number of esters is 1. The van der Waals surface area contributed by atoms with Crippen molar-refractivity contribution in [3.63, 3.8) is 0 Å². The lowest BCUT2D eigenvalue weighted by atomic mass is 10.0. The topological polar surface area (TPSA) is 97.7 Å². The van der Waals surface area contributed by atoms with Crippen LogP contribution in [0.2, 0.25) is 0 Å². The highest BCUT2D eigenvalue weighted by Gasteiger charge is 2.44. The van der Waals surface area contributed by atoms with E-state index in [-0.39, 0.29) is 18.9 Å². The Bertz CT molecular complexity index is 711. The molecule has 2 saturated heterocycles. The Kier molecular flexibility index (Phi) is 5.62. The minimum absolute atomic E-state index is 0.0835. The zero-order valence-electron chi connectivity index (χ0n) is 16.7. The maximum Gasteiger partial charge on any atom is 0.411 e. The van der Waals surface area contributed by atoms with Crippen LogP contribution < -0.4 is 0 Å². The molecule has 0 saturated carbocycles. The number of aliphatic imine (C=N–C) groups is 1. The predicted molar refractivity (Wildman–Crippen MR) is 99.9 cm³/mol. The minimum Gasteiger partial charge on any atom is -0.467 e. The van der Waals surface area contributed by atoms with Crippen LogP contribution in [-0.2, 0) is 19.0 Å². The largest absolute Gasteiger partial charge is 0.467 e. The van der Waals surface area contributed by atoms with Crippen molar-refractivity contribution in [2.45, 2.75) is 51.4 Å². The van der Waals surface area contributed by atoms with E-state index in [0.717, 1.165) is 12.1 Å². The first-order valence-electron chi connectivity index (χ1n) is 9.42. The Labute approximate surface area is 164 Å². The van der Waals surface area contributed by atoms with Gasteiger partial charge in [-0.3, -0.25) is 9.89 Å². The summed E-state index contributed by atoms with van der Waals surface area (Å²) in [5, 5.41) is 0. The molecule has 0 aromatic carbocycles. The Morgan fingerprint density at radius 2 is 1.93 bits per heavy atom. The van der Waals surface area contributed by atoms with E-state index in [9.17, 15) is 14.4 Å². The van der Waals surface area contributed by atoms with Crippen LogP contribution in [0.5, 0.6) is 0 Å². The Morgan fingerprint density at radius 1 is 1.18 bits per heavy atom. The first-order chi connectivity index (χ1) is 13.2. The molecule has 0 aromatic rings. The molecule has 0 aromatic heterocycles. The molecule has 3 rings (SSSR count). The van der Waals surface area contributed by atoms with Gasteiger partial charge in [0, 0.05) is 30.8 Å². The highest BCUT2D eigenvalue weighted by atomic mass is 16.6. The van der Waals surface area contributed by atoms with Gasteiger partial charge in [0.05, 0.1) is 20.2 Å². The number of hydrogen-bond donors (Lipinski definition) is 0. The Hall–Kier alpha value is -2.58. The van der Waals surface area contributed by atoms with Crippen LogP contribution in [0, 0.1) is 5.92 Å². The summed E-state index contributed by atoms with van der Waals surface area (Å²) < 4.78 is 15.8. The Balaban J connectivity index is 1.62. The average molecular weight is 393 g/mol. The molecule has 0 spiro atoms. The van der Waals surface area contributed by atoms with Crippen molar-refractivity contribution in [1.29, 1.82) is 0 Å². The van der Waals surface area contributed by atoms with Gasteiger partial charge < -0.3 is 19.1 Å². The van der Waals surface area contributed by atoms with Gasteiger partial charge in [0.2, 0.25) is 0 Å². The molecule has 0 aliphatic carbocycles. The zero-order chi connectivity index (χ0) is 20.5. The second-order valence-corrected chi connectivity index (χ2v) is 8.23. The number of carbonyl (C=O) groups is 3. The molecule has 154 valence electrons. The molecule has 0 bridgehead atoms. The molecule has 9 heteroatoms. The first kappa shape index (κ1) is 20.2. The highest BCUT2D eigenvalue weighted by molar-refractivity contribution is 5.95. The number of allylic oxidation sites excluding steroid dienone is 1. The van der Waals surface area contributed by atoms with Crippen molar-refractivity contribution in [3.05, 3.63) is 12.3 Å². The lowest BCUT2D eigenvalue weighted by Crippen LogP contribution is -2.44. The number of rotatable bonds is 2. The third kappa shape index (κ3) is 4.45. The maximum atomic E-state index is 12.6. The molecule has 0 radical (unpaired) electrons. The van der Waals surface area contributed by atoms with Crippen LogP contribution in [0.4, 0.5) is 9.59 Å². The second-order valence-electron chi connectivity index (χ2n) is 8.23. The number of carbonyl (C=O) groups excluding carboxylic acids is 3. The summed E-state index contributed by atoms with van der Waals surface area (Å²) in [5.41, 5.74) is 0.279. The fourth-order valence-corrected chi connectivity index (χ4v) is 3.61. The summed E-state index contributed by atoms with van der Waals surface area (Å²) in [7, 11) is 1.26. The average Bonchev–Trinajstić information content (AvgIpc) is 3.23. The summed E-state index contributed by atoms with van der Waals surface area (Å²) in [4.78, 5) is 44.4. The summed E-state index contributed by atoms with van der Waals surface area (Å²) >= 11 is 0. The van der Waals surface area contributed by atoms with Gasteiger partial charge in [-0.25, -0.2) is 14.4 Å². The van der Waals surface area contributed by atoms with Crippen molar-refractivity contribution in [2.24, 2.45) is 10.9 Å². The number of amides is 2. The van der Waals surface area contributed by atoms with E-state index in [1.54, 1.807) is 31.9 Å². The van der Waals surface area contributed by atoms with Crippen molar-refractivity contribution in [2.75, 3.05) is 26.7 Å². The fourth-order valence-electron chi connectivity index (χ4n) is 3.61. The van der Waals surface area contributed by atoms with Crippen LogP contribution in [0.1, 0.15) is 33.6 Å². The second kappa shape index (κ2) is 7.81. The van der Waals surface area contributed by atoms with Crippen molar-refractivity contribution in [1.82, 2.24) is 9.80 Å². The van der Waals surface area contributed by atoms with E-state index in [0.29, 0.717) is 13.1 Å². The van der Waals surface area contributed by atoms with Gasteiger partial charge in [0.25, 0.3) is 0 Å². The van der Waals surface area contributed by atoms with Gasteiger partial charge in [-0.15, -0.1) is 0 Å². The van der Waals surface area contributed by atoms with Gasteiger partial charge in [-0.1, -0.05) is 6.08 Å². The van der Waals surface area contributed by atoms with Crippen LogP contribution in [0.25, 0.3) is 0 Å². The molecule has 2 fully saturated rings. The maximum absolute atomic E-state index is 12.6. The Morgan fingerprint density at radius 3 is 2.57 bits per heavy atom. The predicted octanol–water partition coefficient (Wildman–Crippen LogP) is 1.96. The molecule has 9 nitrogen and oxygen atoms in total. The van der Waals surface area contributed by atoms with Gasteiger partial charge in [0.1, 0.15) is 17.7 Å². The normalized spacial score (nSPS) is 26.6. The van der Waals surface area contributed by atoms with E-state index in [4.69, 9.17) is 14.2 Å². The molecule has 1 unspecified atom stereocenters. The standard InChI is InChI=1S/C19H27N3O6/c1-19(2,3)28-18(25)22-10-13(8-15(22)16(23)26-4)27-17(24)21-9-12-6-5-7-20-14(12)11-21/h5,7,12-13,15H,6,8-11H2,1-4H3/t12?,13-,15+/m1/s1. The number of nitrogens with zero attached hydrogens (tertiary/aromatic N) is 3. The molecule has 28 heavy (non-hydrogen) atoms. The minimum atomic E-state index is -0.840. The van der Waals surface area contributed by atoms with Crippen LogP contribution in [0.15, 0.2) is 17.3 Å². The van der Waals surface area contributed by atoms with Gasteiger partial charge in [0.15, 0.2) is 0 Å². The van der Waals surface area contributed by atoms with E-state index in [1.165, 1.54) is 12.0 Å². The van der Waals surface area contributed by atoms with Crippen molar-refractivity contribution in [3.8, 4) is 0 Å². The van der Waals surface area contributed by atoms with Crippen LogP contribution in [-0.4, -0.2) is 78.2 Å². The molecule has 3 heterocycles. The lowest BCUT2D eigenvalue weighted by molar-refractivity contribution is -0.145. The van der Waals surface area contributed by atoms with Gasteiger partial charge >= 0.3 is 18.2 Å². The quantitative estimate of drug-likeness (QED) is 0.525. The van der Waals surface area contributed by atoms with Gasteiger partial charge in [-0.05, 0) is 27.2 Å². The summed E-state index contributed by atoms with van der Waals surface area (Å²) in [5.74, 6) is -0.320. The monoisotopic (exact) mass is 393 g/mol. The molecule has 2 amide bonds. The SMILES string of the molecule is COC(=O)[C@@H]1C[C@@H](OC(=O)N2CC3=NC=CCC3C2)CN1C(=O)OC(C)(C)C. The molecular weight excluding hydrogens is 366 g/mol. The molecule has 0 N–H and O–H groups in total. The van der Waals surface area contributed by atoms with E-state index in [2.05, 4.69) is 4.99 Å². The number of ether oxygens (including phenoxy) is 3. The lowest BCUT2D eigenvalue weighted by Gasteiger charge is -2.27. The fraction of sp³-hybridized carbons (Fsp3) is 0.684. The molecule has 3 aliphatic heterocycles. The smallest absolute Gasteiger partial charge is 0.411 e. The number of methoxy groups -OCH3 is 1. The van der Waals surface area contributed by atoms with Crippen molar-refractivity contribution >= 4 is 23.9 Å². The van der Waals surface area contributed by atoms with Crippen LogP contribution in [0.3, 0.4) is 0 Å². The molecule has 3 aliphatic rings. The van der Waals surface area contributed by atoms with Crippen molar-refractivity contribution < 1.29 is 28.6 Å². The van der Waals surface area contributed by atoms with E-state index in [1.807, 2.05) is 6.08 Å². The summed E-state index contributed by atoms with van der Waals surface area (Å²) in [6.07, 6.45) is 3.09. The van der Waals surface area contributed by atoms with E-state index >= 15 is 0 Å². The number of hydrogen-bond acceptors (Lipinski definition) is 7.